The first-order chi connectivity index (χ1) is 10.1. The summed E-state index contributed by atoms with van der Waals surface area (Å²) in [7, 11) is 0. The number of benzene rings is 1. The minimum absolute atomic E-state index is 0.226. The maximum Gasteiger partial charge on any atom is 0.255 e. The number of nitrogens with zero attached hydrogens (tertiary/aromatic N) is 2. The molecule has 3 rings (SSSR count). The number of thiophene rings is 1. The van der Waals surface area contributed by atoms with Gasteiger partial charge in [-0.1, -0.05) is 41.9 Å². The molecule has 1 aromatic carbocycles. The molecule has 0 amide bonds. The lowest BCUT2D eigenvalue weighted by Crippen LogP contribution is -2.03. The van der Waals surface area contributed by atoms with Crippen molar-refractivity contribution in [3.63, 3.8) is 0 Å². The third kappa shape index (κ3) is 2.96. The van der Waals surface area contributed by atoms with E-state index in [0.717, 1.165) is 28.0 Å². The number of hydrogen-bond donors (Lipinski definition) is 1. The Labute approximate surface area is 129 Å². The van der Waals surface area contributed by atoms with Gasteiger partial charge < -0.3 is 5.32 Å². The Morgan fingerprint density at radius 1 is 1.38 bits per heavy atom. The summed E-state index contributed by atoms with van der Waals surface area (Å²) in [6.45, 7) is 0.226. The third-order valence-electron chi connectivity index (χ3n) is 2.95. The molecule has 0 fully saturated rings. The standard InChI is InChI=1S/C14H10ClN3O2S/c15-12-6-11-13(9-4-2-1-3-5-9)16-7-10(8-18(19)20)17-14(11)21-12/h1-6,8,17H,7H2. The highest BCUT2D eigenvalue weighted by Crippen LogP contribution is 2.35. The van der Waals surface area contributed by atoms with Gasteiger partial charge in [-0.3, -0.25) is 15.1 Å². The molecule has 0 radical (unpaired) electrons. The van der Waals surface area contributed by atoms with E-state index < -0.39 is 4.92 Å². The molecule has 0 aliphatic carbocycles. The van der Waals surface area contributed by atoms with Crippen molar-refractivity contribution in [1.29, 1.82) is 0 Å². The average Bonchev–Trinajstić information content (AvgIpc) is 2.72. The van der Waals surface area contributed by atoms with Crippen LogP contribution in [-0.2, 0) is 0 Å². The van der Waals surface area contributed by atoms with Gasteiger partial charge >= 0.3 is 0 Å². The minimum atomic E-state index is -0.486. The number of rotatable bonds is 2. The van der Waals surface area contributed by atoms with Crippen molar-refractivity contribution in [2.45, 2.75) is 0 Å². The van der Waals surface area contributed by atoms with Crippen LogP contribution in [-0.4, -0.2) is 17.2 Å². The van der Waals surface area contributed by atoms with E-state index >= 15 is 0 Å². The molecule has 2 aromatic rings. The summed E-state index contributed by atoms with van der Waals surface area (Å²) in [5.74, 6) is 0. The minimum Gasteiger partial charge on any atom is -0.343 e. The van der Waals surface area contributed by atoms with E-state index in [1.165, 1.54) is 11.3 Å². The van der Waals surface area contributed by atoms with Crippen molar-refractivity contribution < 1.29 is 4.92 Å². The molecule has 0 atom stereocenters. The number of hydrogen-bond acceptors (Lipinski definition) is 5. The molecule has 106 valence electrons. The van der Waals surface area contributed by atoms with Gasteiger partial charge in [0.15, 0.2) is 0 Å². The van der Waals surface area contributed by atoms with Crippen LogP contribution in [0.25, 0.3) is 0 Å². The SMILES string of the molecule is O=[N+]([O-])C=C1CN=C(c2ccccc2)c2cc(Cl)sc2N1. The fourth-order valence-electron chi connectivity index (χ4n) is 2.11. The molecule has 5 nitrogen and oxygen atoms in total. The summed E-state index contributed by atoms with van der Waals surface area (Å²) in [6.07, 6.45) is 0.939. The summed E-state index contributed by atoms with van der Waals surface area (Å²) in [5.41, 5.74) is 3.04. The number of nitrogens with one attached hydrogen (secondary N) is 1. The van der Waals surface area contributed by atoms with Crippen LogP contribution in [0.2, 0.25) is 4.34 Å². The van der Waals surface area contributed by atoms with E-state index in [2.05, 4.69) is 10.3 Å². The smallest absolute Gasteiger partial charge is 0.255 e. The van der Waals surface area contributed by atoms with Gasteiger partial charge in [0.05, 0.1) is 21.5 Å². The average molecular weight is 320 g/mol. The molecule has 7 heteroatoms. The zero-order valence-electron chi connectivity index (χ0n) is 10.7. The fraction of sp³-hybridized carbons (Fsp3) is 0.0714. The molecule has 2 heterocycles. The maximum absolute atomic E-state index is 10.7. The highest BCUT2D eigenvalue weighted by Gasteiger charge is 2.20. The normalized spacial score (nSPS) is 15.9. The number of aliphatic imine (C=N–C) groups is 1. The fourth-order valence-corrected chi connectivity index (χ4v) is 3.27. The molecule has 0 saturated heterocycles. The van der Waals surface area contributed by atoms with Crippen molar-refractivity contribution in [3.05, 3.63) is 73.9 Å². The van der Waals surface area contributed by atoms with Crippen molar-refractivity contribution in [2.24, 2.45) is 4.99 Å². The Morgan fingerprint density at radius 2 is 2.14 bits per heavy atom. The lowest BCUT2D eigenvalue weighted by atomic mass is 10.0. The quantitative estimate of drug-likeness (QED) is 0.676. The van der Waals surface area contributed by atoms with Gasteiger partial charge in [-0.15, -0.1) is 11.3 Å². The Balaban J connectivity index is 2.11. The third-order valence-corrected chi connectivity index (χ3v) is 4.13. The maximum atomic E-state index is 10.7. The molecule has 1 N–H and O–H groups in total. The van der Waals surface area contributed by atoms with Gasteiger partial charge in [0.25, 0.3) is 6.20 Å². The molecular weight excluding hydrogens is 310 g/mol. The van der Waals surface area contributed by atoms with E-state index in [1.807, 2.05) is 36.4 Å². The number of anilines is 1. The van der Waals surface area contributed by atoms with Crippen LogP contribution in [0.5, 0.6) is 0 Å². The van der Waals surface area contributed by atoms with Gasteiger partial charge in [-0.05, 0) is 6.07 Å². The van der Waals surface area contributed by atoms with Gasteiger partial charge in [0.1, 0.15) is 10.7 Å². The molecule has 21 heavy (non-hydrogen) atoms. The van der Waals surface area contributed by atoms with Crippen molar-refractivity contribution in [3.8, 4) is 0 Å². The summed E-state index contributed by atoms with van der Waals surface area (Å²) in [4.78, 5) is 14.7. The van der Waals surface area contributed by atoms with Crippen LogP contribution < -0.4 is 5.32 Å². The predicted molar refractivity (Wildman–Crippen MR) is 85.0 cm³/mol. The molecule has 1 aliphatic heterocycles. The molecular formula is C14H10ClN3O2S. The van der Waals surface area contributed by atoms with Crippen LogP contribution in [0.15, 0.2) is 53.3 Å². The molecule has 0 bridgehead atoms. The second-order valence-electron chi connectivity index (χ2n) is 4.39. The van der Waals surface area contributed by atoms with Crippen molar-refractivity contribution in [2.75, 3.05) is 11.9 Å². The molecule has 1 aliphatic rings. The van der Waals surface area contributed by atoms with E-state index in [4.69, 9.17) is 11.6 Å². The van der Waals surface area contributed by atoms with Crippen LogP contribution in [0.1, 0.15) is 11.1 Å². The monoisotopic (exact) mass is 319 g/mol. The van der Waals surface area contributed by atoms with Crippen LogP contribution in [0.4, 0.5) is 5.00 Å². The molecule has 0 spiro atoms. The van der Waals surface area contributed by atoms with Crippen molar-refractivity contribution in [1.82, 2.24) is 0 Å². The second-order valence-corrected chi connectivity index (χ2v) is 6.07. The Bertz CT molecular complexity index is 753. The van der Waals surface area contributed by atoms with E-state index in [1.54, 1.807) is 0 Å². The van der Waals surface area contributed by atoms with Crippen LogP contribution in [0, 0.1) is 10.1 Å². The zero-order valence-corrected chi connectivity index (χ0v) is 12.3. The Morgan fingerprint density at radius 3 is 2.86 bits per heavy atom. The summed E-state index contributed by atoms with van der Waals surface area (Å²) >= 11 is 7.42. The van der Waals surface area contributed by atoms with Gasteiger partial charge in [0.2, 0.25) is 0 Å². The van der Waals surface area contributed by atoms with Crippen LogP contribution >= 0.6 is 22.9 Å². The van der Waals surface area contributed by atoms with E-state index in [9.17, 15) is 10.1 Å². The number of fused-ring (bicyclic) bond motifs is 1. The second kappa shape index (κ2) is 5.67. The highest BCUT2D eigenvalue weighted by atomic mass is 35.5. The summed E-state index contributed by atoms with van der Waals surface area (Å²) in [5, 5.41) is 14.5. The summed E-state index contributed by atoms with van der Waals surface area (Å²) < 4.78 is 0.610. The number of nitro groups is 1. The van der Waals surface area contributed by atoms with Gasteiger partial charge in [-0.2, -0.15) is 0 Å². The van der Waals surface area contributed by atoms with Crippen LogP contribution in [0.3, 0.4) is 0 Å². The lowest BCUT2D eigenvalue weighted by molar-refractivity contribution is -0.403. The van der Waals surface area contributed by atoms with Gasteiger partial charge in [0, 0.05) is 11.1 Å². The van der Waals surface area contributed by atoms with E-state index in [-0.39, 0.29) is 6.54 Å². The Kier molecular flexibility index (Phi) is 3.72. The first-order valence-electron chi connectivity index (χ1n) is 6.14. The largest absolute Gasteiger partial charge is 0.343 e. The highest BCUT2D eigenvalue weighted by molar-refractivity contribution is 7.20. The topological polar surface area (TPSA) is 67.5 Å². The van der Waals surface area contributed by atoms with E-state index in [0.29, 0.717) is 10.0 Å². The first kappa shape index (κ1) is 13.8. The van der Waals surface area contributed by atoms with Gasteiger partial charge in [-0.25, -0.2) is 0 Å². The summed E-state index contributed by atoms with van der Waals surface area (Å²) in [6, 6.07) is 11.5. The molecule has 1 aromatic heterocycles. The predicted octanol–water partition coefficient (Wildman–Crippen LogP) is 3.78. The first-order valence-corrected chi connectivity index (χ1v) is 7.34. The van der Waals surface area contributed by atoms with Crippen molar-refractivity contribution >= 4 is 33.7 Å². The zero-order chi connectivity index (χ0) is 14.8. The Hall–Kier alpha value is -2.18. The molecule has 0 saturated carbocycles. The number of halogens is 1. The molecule has 0 unspecified atom stereocenters. The lowest BCUT2D eigenvalue weighted by Gasteiger charge is -2.04.